The Bertz CT molecular complexity index is 169. The molecule has 0 aromatic heterocycles. The molecule has 0 saturated heterocycles. The molecule has 1 unspecified atom stereocenters. The second kappa shape index (κ2) is 8.56. The molecule has 82 valence electrons. The van der Waals surface area contributed by atoms with Crippen LogP contribution in [0.2, 0.25) is 0 Å². The Morgan fingerprint density at radius 3 is 3.00 bits per heavy atom. The SMILES string of the molecule is C=COCCCNC(=O)CCC(C)O. The lowest BCUT2D eigenvalue weighted by molar-refractivity contribution is -0.121. The smallest absolute Gasteiger partial charge is 0.220 e. The van der Waals surface area contributed by atoms with Crippen LogP contribution in [0.4, 0.5) is 0 Å². The second-order valence-corrected chi connectivity index (χ2v) is 3.13. The highest BCUT2D eigenvalue weighted by atomic mass is 16.5. The molecule has 0 rings (SSSR count). The van der Waals surface area contributed by atoms with Crippen LogP contribution in [-0.2, 0) is 9.53 Å². The first-order chi connectivity index (χ1) is 6.66. The molecule has 4 heteroatoms. The van der Waals surface area contributed by atoms with Crippen LogP contribution in [0, 0.1) is 0 Å². The van der Waals surface area contributed by atoms with Gasteiger partial charge in [0.1, 0.15) is 0 Å². The molecule has 1 atom stereocenters. The van der Waals surface area contributed by atoms with Crippen LogP contribution in [0.25, 0.3) is 0 Å². The van der Waals surface area contributed by atoms with Crippen LogP contribution < -0.4 is 5.32 Å². The molecule has 0 saturated carbocycles. The van der Waals surface area contributed by atoms with Crippen molar-refractivity contribution in [2.24, 2.45) is 0 Å². The summed E-state index contributed by atoms with van der Waals surface area (Å²) in [7, 11) is 0. The fraction of sp³-hybridized carbons (Fsp3) is 0.700. The molecule has 0 fully saturated rings. The number of aliphatic hydroxyl groups excluding tert-OH is 1. The summed E-state index contributed by atoms with van der Waals surface area (Å²) in [5.74, 6) is -0.0236. The zero-order valence-electron chi connectivity index (χ0n) is 8.66. The Labute approximate surface area is 85.0 Å². The van der Waals surface area contributed by atoms with Crippen molar-refractivity contribution in [3.8, 4) is 0 Å². The van der Waals surface area contributed by atoms with Gasteiger partial charge in [-0.25, -0.2) is 0 Å². The largest absolute Gasteiger partial charge is 0.502 e. The van der Waals surface area contributed by atoms with E-state index in [0.717, 1.165) is 6.42 Å². The van der Waals surface area contributed by atoms with Crippen molar-refractivity contribution in [3.05, 3.63) is 12.8 Å². The van der Waals surface area contributed by atoms with Crippen LogP contribution in [0.1, 0.15) is 26.2 Å². The number of rotatable bonds is 8. The third-order valence-electron chi connectivity index (χ3n) is 1.67. The van der Waals surface area contributed by atoms with Crippen molar-refractivity contribution in [1.82, 2.24) is 5.32 Å². The molecule has 0 aromatic carbocycles. The second-order valence-electron chi connectivity index (χ2n) is 3.13. The van der Waals surface area contributed by atoms with E-state index in [-0.39, 0.29) is 5.91 Å². The van der Waals surface area contributed by atoms with E-state index in [1.165, 1.54) is 6.26 Å². The molecule has 0 aliphatic heterocycles. The van der Waals surface area contributed by atoms with Gasteiger partial charge < -0.3 is 15.2 Å². The maximum absolute atomic E-state index is 11.1. The van der Waals surface area contributed by atoms with Crippen molar-refractivity contribution in [1.29, 1.82) is 0 Å². The highest BCUT2D eigenvalue weighted by Crippen LogP contribution is 1.94. The van der Waals surface area contributed by atoms with Gasteiger partial charge in [-0.15, -0.1) is 0 Å². The Morgan fingerprint density at radius 1 is 1.71 bits per heavy atom. The summed E-state index contributed by atoms with van der Waals surface area (Å²) in [6, 6.07) is 0. The van der Waals surface area contributed by atoms with Gasteiger partial charge in [0.15, 0.2) is 0 Å². The fourth-order valence-electron chi connectivity index (χ4n) is 0.895. The van der Waals surface area contributed by atoms with E-state index in [9.17, 15) is 4.79 Å². The lowest BCUT2D eigenvalue weighted by Crippen LogP contribution is -2.25. The van der Waals surface area contributed by atoms with Crippen molar-refractivity contribution in [2.45, 2.75) is 32.3 Å². The third kappa shape index (κ3) is 9.06. The van der Waals surface area contributed by atoms with Gasteiger partial charge in [0, 0.05) is 13.0 Å². The molecule has 0 bridgehead atoms. The van der Waals surface area contributed by atoms with Crippen molar-refractivity contribution in [2.75, 3.05) is 13.2 Å². The zero-order chi connectivity index (χ0) is 10.8. The Hall–Kier alpha value is -1.03. The molecular formula is C10H19NO3. The van der Waals surface area contributed by atoms with E-state index in [0.29, 0.717) is 26.0 Å². The molecular weight excluding hydrogens is 182 g/mol. The number of amides is 1. The van der Waals surface area contributed by atoms with Gasteiger partial charge in [-0.1, -0.05) is 6.58 Å². The molecule has 0 spiro atoms. The van der Waals surface area contributed by atoms with Crippen LogP contribution in [-0.4, -0.2) is 30.3 Å². The minimum Gasteiger partial charge on any atom is -0.502 e. The lowest BCUT2D eigenvalue weighted by atomic mass is 10.2. The van der Waals surface area contributed by atoms with Crippen molar-refractivity contribution in [3.63, 3.8) is 0 Å². The van der Waals surface area contributed by atoms with Crippen molar-refractivity contribution < 1.29 is 14.6 Å². The third-order valence-corrected chi connectivity index (χ3v) is 1.67. The molecule has 0 aliphatic rings. The standard InChI is InChI=1S/C10H19NO3/c1-3-14-8-4-7-11-10(13)6-5-9(2)12/h3,9,12H,1,4-8H2,2H3,(H,11,13). The molecule has 0 radical (unpaired) electrons. The minimum atomic E-state index is -0.412. The van der Waals surface area contributed by atoms with Crippen molar-refractivity contribution >= 4 is 5.91 Å². The number of carbonyl (C=O) groups is 1. The monoisotopic (exact) mass is 201 g/mol. The zero-order valence-corrected chi connectivity index (χ0v) is 8.66. The first-order valence-electron chi connectivity index (χ1n) is 4.84. The van der Waals surface area contributed by atoms with Gasteiger partial charge in [0.25, 0.3) is 0 Å². The average Bonchev–Trinajstić information content (AvgIpc) is 2.14. The summed E-state index contributed by atoms with van der Waals surface area (Å²) in [4.78, 5) is 11.1. The van der Waals surface area contributed by atoms with Crippen LogP contribution in [0.15, 0.2) is 12.8 Å². The first kappa shape index (κ1) is 13.0. The summed E-state index contributed by atoms with van der Waals surface area (Å²) in [5, 5.41) is 11.7. The average molecular weight is 201 g/mol. The molecule has 4 nitrogen and oxygen atoms in total. The number of carbonyl (C=O) groups excluding carboxylic acids is 1. The molecule has 0 aliphatic carbocycles. The first-order valence-corrected chi connectivity index (χ1v) is 4.84. The van der Waals surface area contributed by atoms with Gasteiger partial charge in [0.2, 0.25) is 5.91 Å². The maximum Gasteiger partial charge on any atom is 0.220 e. The normalized spacial score (nSPS) is 11.9. The van der Waals surface area contributed by atoms with E-state index < -0.39 is 6.10 Å². The van der Waals surface area contributed by atoms with Gasteiger partial charge in [0.05, 0.1) is 19.0 Å². The molecule has 1 amide bonds. The van der Waals surface area contributed by atoms with E-state index >= 15 is 0 Å². The number of ether oxygens (including phenoxy) is 1. The number of hydrogen-bond acceptors (Lipinski definition) is 3. The molecule has 0 heterocycles. The van der Waals surface area contributed by atoms with Crippen LogP contribution in [0.5, 0.6) is 0 Å². The van der Waals surface area contributed by atoms with Gasteiger partial charge in [-0.05, 0) is 19.8 Å². The Balaban J connectivity index is 3.22. The minimum absolute atomic E-state index is 0.0236. The van der Waals surface area contributed by atoms with E-state index in [1.807, 2.05) is 0 Å². The van der Waals surface area contributed by atoms with Gasteiger partial charge in [-0.3, -0.25) is 4.79 Å². The van der Waals surface area contributed by atoms with Crippen LogP contribution in [0.3, 0.4) is 0 Å². The topological polar surface area (TPSA) is 58.6 Å². The van der Waals surface area contributed by atoms with Crippen LogP contribution >= 0.6 is 0 Å². The summed E-state index contributed by atoms with van der Waals surface area (Å²) in [6.45, 7) is 6.25. The summed E-state index contributed by atoms with van der Waals surface area (Å²) >= 11 is 0. The van der Waals surface area contributed by atoms with Gasteiger partial charge in [-0.2, -0.15) is 0 Å². The van der Waals surface area contributed by atoms with E-state index in [1.54, 1.807) is 6.92 Å². The maximum atomic E-state index is 11.1. The Kier molecular flexibility index (Phi) is 7.93. The fourth-order valence-corrected chi connectivity index (χ4v) is 0.895. The number of hydrogen-bond donors (Lipinski definition) is 2. The highest BCUT2D eigenvalue weighted by Gasteiger charge is 2.02. The highest BCUT2D eigenvalue weighted by molar-refractivity contribution is 5.75. The summed E-state index contributed by atoms with van der Waals surface area (Å²) in [6.07, 6.45) is 2.63. The van der Waals surface area contributed by atoms with Gasteiger partial charge >= 0.3 is 0 Å². The number of nitrogens with one attached hydrogen (secondary N) is 1. The molecule has 0 aromatic rings. The summed E-state index contributed by atoms with van der Waals surface area (Å²) < 4.78 is 4.89. The molecule has 14 heavy (non-hydrogen) atoms. The number of aliphatic hydroxyl groups is 1. The lowest BCUT2D eigenvalue weighted by Gasteiger charge is -2.06. The predicted octanol–water partition coefficient (Wildman–Crippen LogP) is 0.814. The van der Waals surface area contributed by atoms with E-state index in [4.69, 9.17) is 9.84 Å². The predicted molar refractivity (Wildman–Crippen MR) is 54.7 cm³/mol. The quantitative estimate of drug-likeness (QED) is 0.451. The summed E-state index contributed by atoms with van der Waals surface area (Å²) in [5.41, 5.74) is 0. The Morgan fingerprint density at radius 2 is 2.43 bits per heavy atom. The molecule has 2 N–H and O–H groups in total. The van der Waals surface area contributed by atoms with E-state index in [2.05, 4.69) is 11.9 Å².